The number of aromatic hydroxyl groups is 1. The maximum Gasteiger partial charge on any atom is 0.319 e. The second-order valence-corrected chi connectivity index (χ2v) is 7.22. The molecule has 1 aromatic carbocycles. The van der Waals surface area contributed by atoms with Gasteiger partial charge in [-0.15, -0.1) is 0 Å². The minimum absolute atomic E-state index is 0.0482. The molecule has 2 rings (SSSR count). The van der Waals surface area contributed by atoms with Gasteiger partial charge in [-0.2, -0.15) is 0 Å². The van der Waals surface area contributed by atoms with Gasteiger partial charge in [0.2, 0.25) is 0 Å². The van der Waals surface area contributed by atoms with Crippen LogP contribution in [0.25, 0.3) is 0 Å². The van der Waals surface area contributed by atoms with Gasteiger partial charge in [0.25, 0.3) is 0 Å². The van der Waals surface area contributed by atoms with Gasteiger partial charge in [0.15, 0.2) is 9.84 Å². The molecule has 19 heavy (non-hydrogen) atoms. The maximum absolute atomic E-state index is 11.8. The summed E-state index contributed by atoms with van der Waals surface area (Å²) in [4.78, 5) is 11.8. The van der Waals surface area contributed by atoms with Crippen molar-refractivity contribution in [1.82, 2.24) is 5.32 Å². The average Bonchev–Trinajstić information content (AvgIpc) is 2.52. The van der Waals surface area contributed by atoms with Crippen LogP contribution in [0.5, 0.6) is 5.75 Å². The zero-order chi connectivity index (χ0) is 14.1. The van der Waals surface area contributed by atoms with Crippen LogP contribution >= 0.6 is 0 Å². The van der Waals surface area contributed by atoms with E-state index >= 15 is 0 Å². The normalized spacial score (nSPS) is 24.9. The summed E-state index contributed by atoms with van der Waals surface area (Å²) >= 11 is 0. The Labute approximate surface area is 111 Å². The van der Waals surface area contributed by atoms with Crippen LogP contribution < -0.4 is 10.6 Å². The van der Waals surface area contributed by atoms with E-state index in [4.69, 9.17) is 0 Å². The van der Waals surface area contributed by atoms with Gasteiger partial charge >= 0.3 is 6.03 Å². The summed E-state index contributed by atoms with van der Waals surface area (Å²) in [7, 11) is -3.06. The highest BCUT2D eigenvalue weighted by Crippen LogP contribution is 2.23. The summed E-state index contributed by atoms with van der Waals surface area (Å²) in [5.41, 5.74) is -0.290. The number of benzene rings is 1. The molecule has 1 aromatic rings. The number of carbonyl (C=O) groups is 1. The molecule has 1 saturated heterocycles. The summed E-state index contributed by atoms with van der Waals surface area (Å²) in [6.45, 7) is 1.71. The average molecular weight is 284 g/mol. The number of phenols is 1. The fourth-order valence-electron chi connectivity index (χ4n) is 2.13. The topological polar surface area (TPSA) is 95.5 Å². The molecular weight excluding hydrogens is 268 g/mol. The SMILES string of the molecule is C[C@@]1(NC(=O)Nc2cccc(O)c2)CCS(=O)(=O)C1. The highest BCUT2D eigenvalue weighted by Gasteiger charge is 2.39. The summed E-state index contributed by atoms with van der Waals surface area (Å²) in [5.74, 6) is 0.0936. The highest BCUT2D eigenvalue weighted by molar-refractivity contribution is 7.91. The number of hydrogen-bond acceptors (Lipinski definition) is 4. The lowest BCUT2D eigenvalue weighted by molar-refractivity contribution is 0.242. The van der Waals surface area contributed by atoms with Crippen molar-refractivity contribution < 1.29 is 18.3 Å². The lowest BCUT2D eigenvalue weighted by Gasteiger charge is -2.24. The van der Waals surface area contributed by atoms with Gasteiger partial charge in [0.1, 0.15) is 5.75 Å². The molecule has 1 fully saturated rings. The molecule has 0 saturated carbocycles. The highest BCUT2D eigenvalue weighted by atomic mass is 32.2. The lowest BCUT2D eigenvalue weighted by atomic mass is 10.0. The first kappa shape index (κ1) is 13.7. The van der Waals surface area contributed by atoms with Crippen molar-refractivity contribution in [2.75, 3.05) is 16.8 Å². The van der Waals surface area contributed by atoms with Crippen molar-refractivity contribution in [3.05, 3.63) is 24.3 Å². The number of carbonyl (C=O) groups excluding carboxylic acids is 1. The number of amides is 2. The lowest BCUT2D eigenvalue weighted by Crippen LogP contribution is -2.48. The Bertz CT molecular complexity index is 600. The van der Waals surface area contributed by atoms with Gasteiger partial charge < -0.3 is 15.7 Å². The third-order valence-electron chi connectivity index (χ3n) is 3.02. The molecule has 1 aliphatic rings. The number of phenolic OH excluding ortho intramolecular Hbond substituents is 1. The van der Waals surface area contributed by atoms with Crippen molar-refractivity contribution in [2.24, 2.45) is 0 Å². The molecule has 104 valence electrons. The van der Waals surface area contributed by atoms with Crippen molar-refractivity contribution in [1.29, 1.82) is 0 Å². The Hall–Kier alpha value is -1.76. The molecule has 0 bridgehead atoms. The molecule has 6 nitrogen and oxygen atoms in total. The predicted octanol–water partition coefficient (Wildman–Crippen LogP) is 1.09. The third-order valence-corrected chi connectivity index (χ3v) is 4.93. The van der Waals surface area contributed by atoms with E-state index in [-0.39, 0.29) is 17.3 Å². The Morgan fingerprint density at radius 1 is 1.42 bits per heavy atom. The van der Waals surface area contributed by atoms with Crippen LogP contribution in [-0.2, 0) is 9.84 Å². The third kappa shape index (κ3) is 3.60. The molecule has 0 aliphatic carbocycles. The fraction of sp³-hybridized carbons (Fsp3) is 0.417. The van der Waals surface area contributed by atoms with E-state index in [1.54, 1.807) is 19.1 Å². The Kier molecular flexibility index (Phi) is 3.40. The minimum Gasteiger partial charge on any atom is -0.508 e. The monoisotopic (exact) mass is 284 g/mol. The van der Waals surface area contributed by atoms with Crippen molar-refractivity contribution in [2.45, 2.75) is 18.9 Å². The zero-order valence-electron chi connectivity index (χ0n) is 10.5. The van der Waals surface area contributed by atoms with Crippen LogP contribution in [0, 0.1) is 0 Å². The van der Waals surface area contributed by atoms with Gasteiger partial charge in [0.05, 0.1) is 17.0 Å². The predicted molar refractivity (Wildman–Crippen MR) is 71.9 cm³/mol. The molecule has 1 aliphatic heterocycles. The number of nitrogens with one attached hydrogen (secondary N) is 2. The second-order valence-electron chi connectivity index (χ2n) is 5.03. The number of urea groups is 1. The number of hydrogen-bond donors (Lipinski definition) is 3. The second kappa shape index (κ2) is 4.73. The molecule has 0 aromatic heterocycles. The molecule has 1 heterocycles. The van der Waals surface area contributed by atoms with Crippen LogP contribution in [0.1, 0.15) is 13.3 Å². The van der Waals surface area contributed by atoms with Crippen LogP contribution in [0.2, 0.25) is 0 Å². The first-order chi connectivity index (χ1) is 8.78. The largest absolute Gasteiger partial charge is 0.508 e. The van der Waals surface area contributed by atoms with Crippen LogP contribution in [0.15, 0.2) is 24.3 Å². The van der Waals surface area contributed by atoms with Gasteiger partial charge in [0, 0.05) is 11.8 Å². The maximum atomic E-state index is 11.8. The molecule has 1 atom stereocenters. The van der Waals surface area contributed by atoms with E-state index in [0.29, 0.717) is 12.1 Å². The zero-order valence-corrected chi connectivity index (χ0v) is 11.3. The first-order valence-electron chi connectivity index (χ1n) is 5.87. The van der Waals surface area contributed by atoms with E-state index in [9.17, 15) is 18.3 Å². The summed E-state index contributed by atoms with van der Waals surface area (Å²) < 4.78 is 22.9. The van der Waals surface area contributed by atoms with Gasteiger partial charge in [-0.3, -0.25) is 0 Å². The van der Waals surface area contributed by atoms with E-state index in [1.807, 2.05) is 0 Å². The smallest absolute Gasteiger partial charge is 0.319 e. The molecular formula is C12H16N2O4S. The van der Waals surface area contributed by atoms with E-state index in [1.165, 1.54) is 12.1 Å². The Morgan fingerprint density at radius 2 is 2.16 bits per heavy atom. The summed E-state index contributed by atoms with van der Waals surface area (Å²) in [6, 6.07) is 5.66. The van der Waals surface area contributed by atoms with Crippen molar-refractivity contribution in [3.63, 3.8) is 0 Å². The Balaban J connectivity index is 1.99. The molecule has 0 spiro atoms. The standard InChI is InChI=1S/C12H16N2O4S/c1-12(5-6-19(17,18)8-12)14-11(16)13-9-3-2-4-10(15)7-9/h2-4,7,15H,5-6,8H2,1H3,(H2,13,14,16)/t12-/m1/s1. The van der Waals surface area contributed by atoms with E-state index in [0.717, 1.165) is 0 Å². The molecule has 2 amide bonds. The summed E-state index contributed by atoms with van der Waals surface area (Å²) in [5, 5.41) is 14.5. The molecule has 7 heteroatoms. The number of rotatable bonds is 2. The van der Waals surface area contributed by atoms with Gasteiger partial charge in [-0.05, 0) is 25.5 Å². The van der Waals surface area contributed by atoms with Crippen molar-refractivity contribution in [3.8, 4) is 5.75 Å². The molecule has 0 unspecified atom stereocenters. The van der Waals surface area contributed by atoms with Crippen LogP contribution in [0.3, 0.4) is 0 Å². The summed E-state index contributed by atoms with van der Waals surface area (Å²) in [6.07, 6.45) is 0.406. The number of anilines is 1. The van der Waals surface area contributed by atoms with E-state index < -0.39 is 21.4 Å². The number of sulfone groups is 1. The van der Waals surface area contributed by atoms with Crippen LogP contribution in [-0.4, -0.2) is 36.6 Å². The van der Waals surface area contributed by atoms with Crippen LogP contribution in [0.4, 0.5) is 10.5 Å². The van der Waals surface area contributed by atoms with Crippen molar-refractivity contribution >= 4 is 21.6 Å². The molecule has 0 radical (unpaired) electrons. The molecule has 3 N–H and O–H groups in total. The quantitative estimate of drug-likeness (QED) is 0.757. The fourth-order valence-corrected chi connectivity index (χ4v) is 4.22. The minimum atomic E-state index is -3.06. The Morgan fingerprint density at radius 3 is 2.74 bits per heavy atom. The van der Waals surface area contributed by atoms with E-state index in [2.05, 4.69) is 10.6 Å². The van der Waals surface area contributed by atoms with Gasteiger partial charge in [-0.1, -0.05) is 6.07 Å². The van der Waals surface area contributed by atoms with Gasteiger partial charge in [-0.25, -0.2) is 13.2 Å². The first-order valence-corrected chi connectivity index (χ1v) is 7.69.